The normalized spacial score (nSPS) is 20.2. The van der Waals surface area contributed by atoms with Crippen LogP contribution in [0.3, 0.4) is 0 Å². The average Bonchev–Trinajstić information content (AvgIpc) is 2.47. The molecule has 5 nitrogen and oxygen atoms in total. The lowest BCUT2D eigenvalue weighted by Gasteiger charge is -2.24. The number of sulfonamides is 1. The van der Waals surface area contributed by atoms with Crippen LogP contribution in [0.2, 0.25) is 0 Å². The second kappa shape index (κ2) is 7.15. The molecule has 1 aromatic heterocycles. The molecular weight excluding hydrogens is 274 g/mol. The van der Waals surface area contributed by atoms with E-state index in [2.05, 4.69) is 10.3 Å². The summed E-state index contributed by atoms with van der Waals surface area (Å²) in [5.41, 5.74) is 0.960. The molecule has 0 amide bonds. The lowest BCUT2D eigenvalue weighted by atomic mass is 10.0. The first-order valence-corrected chi connectivity index (χ1v) is 8.75. The number of nitrogens with zero attached hydrogens (tertiary/aromatic N) is 2. The van der Waals surface area contributed by atoms with Crippen LogP contribution in [0.15, 0.2) is 24.5 Å². The molecule has 1 unspecified atom stereocenters. The Morgan fingerprint density at radius 3 is 2.75 bits per heavy atom. The maximum atomic E-state index is 12.3. The highest BCUT2D eigenvalue weighted by Gasteiger charge is 2.21. The smallest absolute Gasteiger partial charge is 0.214 e. The molecule has 2 heterocycles. The van der Waals surface area contributed by atoms with Gasteiger partial charge in [-0.2, -0.15) is 0 Å². The molecule has 0 bridgehead atoms. The van der Waals surface area contributed by atoms with Crippen LogP contribution in [0.1, 0.15) is 31.2 Å². The van der Waals surface area contributed by atoms with E-state index >= 15 is 0 Å². The summed E-state index contributed by atoms with van der Waals surface area (Å²) in [6.07, 6.45) is 7.55. The number of aromatic nitrogens is 1. The minimum Gasteiger partial charge on any atom is -0.314 e. The molecule has 1 aliphatic rings. The lowest BCUT2D eigenvalue weighted by Crippen LogP contribution is -2.37. The lowest BCUT2D eigenvalue weighted by molar-refractivity contribution is 0.388. The van der Waals surface area contributed by atoms with Crippen LogP contribution in [0, 0.1) is 0 Å². The summed E-state index contributed by atoms with van der Waals surface area (Å²) in [7, 11) is -1.54. The molecule has 1 aliphatic heterocycles. The van der Waals surface area contributed by atoms with Gasteiger partial charge < -0.3 is 5.32 Å². The zero-order valence-electron chi connectivity index (χ0n) is 12.0. The fraction of sp³-hybridized carbons (Fsp3) is 0.643. The summed E-state index contributed by atoms with van der Waals surface area (Å²) in [6, 6.07) is 4.04. The molecule has 1 saturated heterocycles. The Kier molecular flexibility index (Phi) is 5.51. The van der Waals surface area contributed by atoms with E-state index in [9.17, 15) is 8.42 Å². The van der Waals surface area contributed by atoms with Gasteiger partial charge in [-0.05, 0) is 43.5 Å². The van der Waals surface area contributed by atoms with Crippen LogP contribution < -0.4 is 5.32 Å². The zero-order chi connectivity index (χ0) is 14.4. The van der Waals surface area contributed by atoms with E-state index in [1.165, 1.54) is 17.1 Å². The van der Waals surface area contributed by atoms with Gasteiger partial charge in [0.2, 0.25) is 10.0 Å². The number of piperidine rings is 1. The van der Waals surface area contributed by atoms with Crippen molar-refractivity contribution in [2.24, 2.45) is 0 Å². The Morgan fingerprint density at radius 2 is 2.10 bits per heavy atom. The van der Waals surface area contributed by atoms with Crippen molar-refractivity contribution in [3.05, 3.63) is 30.1 Å². The number of hydrogen-bond acceptors (Lipinski definition) is 4. The first-order valence-electron chi connectivity index (χ1n) is 7.14. The van der Waals surface area contributed by atoms with Gasteiger partial charge in [-0.1, -0.05) is 6.42 Å². The molecule has 0 aromatic carbocycles. The summed E-state index contributed by atoms with van der Waals surface area (Å²) >= 11 is 0. The molecule has 0 saturated carbocycles. The van der Waals surface area contributed by atoms with Crippen molar-refractivity contribution in [2.75, 3.05) is 19.3 Å². The second-order valence-electron chi connectivity index (χ2n) is 5.36. The van der Waals surface area contributed by atoms with E-state index in [1.807, 2.05) is 12.1 Å². The van der Waals surface area contributed by atoms with Gasteiger partial charge in [0.05, 0.1) is 5.75 Å². The predicted molar refractivity (Wildman–Crippen MR) is 79.7 cm³/mol. The van der Waals surface area contributed by atoms with Crippen molar-refractivity contribution in [2.45, 2.75) is 38.3 Å². The van der Waals surface area contributed by atoms with Gasteiger partial charge in [-0.25, -0.2) is 12.7 Å². The fourth-order valence-corrected chi connectivity index (χ4v) is 3.70. The molecular formula is C14H23N3O2S. The van der Waals surface area contributed by atoms with Gasteiger partial charge in [-0.3, -0.25) is 4.98 Å². The number of hydrogen-bond donors (Lipinski definition) is 1. The molecule has 1 fully saturated rings. The SMILES string of the molecule is CN(Cc1ccncc1)S(=O)(=O)CCC1CCCCN1. The molecule has 20 heavy (non-hydrogen) atoms. The molecule has 0 spiro atoms. The van der Waals surface area contributed by atoms with Crippen LogP contribution in [0.4, 0.5) is 0 Å². The predicted octanol–water partition coefficient (Wildman–Crippen LogP) is 1.38. The van der Waals surface area contributed by atoms with Gasteiger partial charge in [0.1, 0.15) is 0 Å². The highest BCUT2D eigenvalue weighted by molar-refractivity contribution is 7.89. The van der Waals surface area contributed by atoms with Gasteiger partial charge >= 0.3 is 0 Å². The highest BCUT2D eigenvalue weighted by atomic mass is 32.2. The summed E-state index contributed by atoms with van der Waals surface area (Å²) in [5.74, 6) is 0.215. The Labute approximate surface area is 121 Å². The largest absolute Gasteiger partial charge is 0.314 e. The first kappa shape index (κ1) is 15.4. The molecule has 0 aliphatic carbocycles. The van der Waals surface area contributed by atoms with Crippen LogP contribution in [-0.2, 0) is 16.6 Å². The maximum absolute atomic E-state index is 12.3. The van der Waals surface area contributed by atoms with Gasteiger partial charge in [0.15, 0.2) is 0 Å². The Hall–Kier alpha value is -0.980. The summed E-state index contributed by atoms with van der Waals surface area (Å²) in [6.45, 7) is 1.42. The van der Waals surface area contributed by atoms with Crippen LogP contribution in [0.25, 0.3) is 0 Å². The van der Waals surface area contributed by atoms with Crippen LogP contribution in [-0.4, -0.2) is 43.1 Å². The number of nitrogens with one attached hydrogen (secondary N) is 1. The third-order valence-corrected chi connectivity index (χ3v) is 5.60. The topological polar surface area (TPSA) is 62.3 Å². The Morgan fingerprint density at radius 1 is 1.35 bits per heavy atom. The van der Waals surface area contributed by atoms with E-state index in [-0.39, 0.29) is 5.75 Å². The van der Waals surface area contributed by atoms with Gasteiger partial charge in [-0.15, -0.1) is 0 Å². The zero-order valence-corrected chi connectivity index (χ0v) is 12.8. The maximum Gasteiger partial charge on any atom is 0.214 e. The minimum absolute atomic E-state index is 0.215. The van der Waals surface area contributed by atoms with E-state index in [0.717, 1.165) is 18.5 Å². The quantitative estimate of drug-likeness (QED) is 0.861. The van der Waals surface area contributed by atoms with Crippen molar-refractivity contribution in [3.63, 3.8) is 0 Å². The highest BCUT2D eigenvalue weighted by Crippen LogP contribution is 2.13. The number of rotatable bonds is 6. The van der Waals surface area contributed by atoms with E-state index < -0.39 is 10.0 Å². The van der Waals surface area contributed by atoms with E-state index in [4.69, 9.17) is 0 Å². The molecule has 1 atom stereocenters. The molecule has 0 radical (unpaired) electrons. The Bertz CT molecular complexity index is 498. The van der Waals surface area contributed by atoms with Crippen LogP contribution >= 0.6 is 0 Å². The van der Waals surface area contributed by atoms with Crippen molar-refractivity contribution in [1.82, 2.24) is 14.6 Å². The second-order valence-corrected chi connectivity index (χ2v) is 7.56. The Balaban J connectivity index is 1.85. The van der Waals surface area contributed by atoms with Crippen molar-refractivity contribution in [3.8, 4) is 0 Å². The third-order valence-electron chi connectivity index (χ3n) is 3.77. The van der Waals surface area contributed by atoms with Crippen molar-refractivity contribution in [1.29, 1.82) is 0 Å². The fourth-order valence-electron chi connectivity index (χ4n) is 2.46. The molecule has 2 rings (SSSR count). The molecule has 1 aromatic rings. The average molecular weight is 297 g/mol. The monoisotopic (exact) mass is 297 g/mol. The van der Waals surface area contributed by atoms with E-state index in [0.29, 0.717) is 19.0 Å². The molecule has 6 heteroatoms. The van der Waals surface area contributed by atoms with E-state index in [1.54, 1.807) is 19.4 Å². The minimum atomic E-state index is -3.18. The summed E-state index contributed by atoms with van der Waals surface area (Å²) in [4.78, 5) is 3.94. The van der Waals surface area contributed by atoms with Gasteiger partial charge in [0, 0.05) is 32.0 Å². The molecule has 112 valence electrons. The first-order chi connectivity index (χ1) is 9.58. The van der Waals surface area contributed by atoms with Gasteiger partial charge in [0.25, 0.3) is 0 Å². The third kappa shape index (κ3) is 4.54. The van der Waals surface area contributed by atoms with Crippen LogP contribution in [0.5, 0.6) is 0 Å². The van der Waals surface area contributed by atoms with Crippen molar-refractivity contribution < 1.29 is 8.42 Å². The standard InChI is InChI=1S/C14H23N3O2S/c1-17(12-13-5-9-15-10-6-13)20(18,19)11-7-14-4-2-3-8-16-14/h5-6,9-10,14,16H,2-4,7-8,11-12H2,1H3. The summed E-state index contributed by atoms with van der Waals surface area (Å²) < 4.78 is 26.0. The molecule has 1 N–H and O–H groups in total. The number of pyridine rings is 1. The summed E-state index contributed by atoms with van der Waals surface area (Å²) in [5, 5.41) is 3.39. The van der Waals surface area contributed by atoms with Crippen molar-refractivity contribution >= 4 is 10.0 Å².